The van der Waals surface area contributed by atoms with Gasteiger partial charge in [-0.15, -0.1) is 0 Å². The first kappa shape index (κ1) is 35.0. The quantitative estimate of drug-likeness (QED) is 0.350. The van der Waals surface area contributed by atoms with Crippen LogP contribution in [0.3, 0.4) is 0 Å². The van der Waals surface area contributed by atoms with Crippen LogP contribution in [-0.4, -0.2) is 51.7 Å². The molecule has 226 valence electrons. The monoisotopic (exact) mass is 668 g/mol. The number of fused-ring (bicyclic) bond motifs is 8. The summed E-state index contributed by atoms with van der Waals surface area (Å²) in [6, 6.07) is 8.09. The Morgan fingerprint density at radius 1 is 0.636 bits per heavy atom. The SMILES string of the molecule is CCc1c(C)c2cc3[nH]c(cc4nc(cc5nc(cc1[nH]2)C(C)=C5CCC(=O)[O-])C(CCC(=O)[O-])=C4C)c(C)c3CC.[Cl-].[Ga+3]. The third kappa shape index (κ3) is 6.60. The number of halogens is 1. The zero-order valence-electron chi connectivity index (χ0n) is 26.0. The van der Waals surface area contributed by atoms with E-state index in [1.54, 1.807) is 0 Å². The number of nitrogens with zero attached hydrogens (tertiary/aromatic N) is 2. The van der Waals surface area contributed by atoms with Gasteiger partial charge in [-0.05, 0) is 135 Å². The molecule has 3 aromatic rings. The second-order valence-corrected chi connectivity index (χ2v) is 11.1. The summed E-state index contributed by atoms with van der Waals surface area (Å²) in [5.41, 5.74) is 14.9. The molecule has 0 saturated carbocycles. The summed E-state index contributed by atoms with van der Waals surface area (Å²) in [7, 11) is 0. The number of aliphatic carboxylic acids is 2. The van der Waals surface area contributed by atoms with Crippen molar-refractivity contribution in [3.05, 3.63) is 69.3 Å². The van der Waals surface area contributed by atoms with E-state index >= 15 is 0 Å². The number of allylic oxidation sites excluding steroid dienone is 4. The molecule has 3 aromatic heterocycles. The number of rotatable bonds is 8. The summed E-state index contributed by atoms with van der Waals surface area (Å²) in [5.74, 6) is -2.25. The zero-order valence-corrected chi connectivity index (χ0v) is 29.2. The second kappa shape index (κ2) is 14.1. The van der Waals surface area contributed by atoms with Crippen LogP contribution in [0.25, 0.3) is 44.4 Å². The van der Waals surface area contributed by atoms with Gasteiger partial charge in [0.1, 0.15) is 0 Å². The number of hydrogen-bond acceptors (Lipinski definition) is 6. The predicted molar refractivity (Wildman–Crippen MR) is 168 cm³/mol. The maximum Gasteiger partial charge on any atom is 3.00 e. The molecule has 2 aliphatic heterocycles. The number of carbonyl (C=O) groups excluding carboxylic acids is 2. The zero-order chi connectivity index (χ0) is 30.3. The van der Waals surface area contributed by atoms with Gasteiger partial charge in [-0.1, -0.05) is 13.8 Å². The number of carboxylic acids is 2. The van der Waals surface area contributed by atoms with Crippen molar-refractivity contribution in [3.8, 4) is 0 Å². The van der Waals surface area contributed by atoms with Crippen LogP contribution in [-0.2, 0) is 22.4 Å². The molecule has 0 radical (unpaired) electrons. The molecule has 0 amide bonds. The number of nitrogens with one attached hydrogen (secondary N) is 2. The van der Waals surface area contributed by atoms with Crippen LogP contribution < -0.4 is 22.6 Å². The van der Waals surface area contributed by atoms with Crippen molar-refractivity contribution >= 4 is 76.1 Å². The number of aryl methyl sites for hydroxylation is 4. The maximum atomic E-state index is 11.4. The maximum absolute atomic E-state index is 11.4. The molecule has 10 heteroatoms. The fraction of sp³-hybridized carbons (Fsp3) is 0.353. The number of aromatic nitrogens is 4. The summed E-state index contributed by atoms with van der Waals surface area (Å²) < 4.78 is 0. The van der Waals surface area contributed by atoms with Crippen LogP contribution in [0.5, 0.6) is 0 Å². The fourth-order valence-electron chi connectivity index (χ4n) is 6.21. The second-order valence-electron chi connectivity index (χ2n) is 11.1. The van der Waals surface area contributed by atoms with E-state index in [0.29, 0.717) is 11.4 Å². The van der Waals surface area contributed by atoms with Gasteiger partial charge in [-0.25, -0.2) is 9.97 Å². The van der Waals surface area contributed by atoms with E-state index < -0.39 is 11.9 Å². The van der Waals surface area contributed by atoms with E-state index in [-0.39, 0.29) is 57.9 Å². The normalized spacial score (nSPS) is 12.7. The van der Waals surface area contributed by atoms with Gasteiger partial charge in [0.2, 0.25) is 0 Å². The molecule has 5 heterocycles. The van der Waals surface area contributed by atoms with Gasteiger partial charge in [0.05, 0.1) is 22.8 Å². The van der Waals surface area contributed by atoms with E-state index in [9.17, 15) is 19.8 Å². The van der Waals surface area contributed by atoms with Crippen molar-refractivity contribution in [1.29, 1.82) is 0 Å². The minimum Gasteiger partial charge on any atom is -1.00 e. The van der Waals surface area contributed by atoms with Crippen LogP contribution in [0.4, 0.5) is 0 Å². The Hall–Kier alpha value is -3.53. The van der Waals surface area contributed by atoms with Crippen LogP contribution >= 0.6 is 0 Å². The number of H-pyrrole nitrogens is 2. The molecule has 0 saturated heterocycles. The minimum absolute atomic E-state index is 0. The van der Waals surface area contributed by atoms with Gasteiger partial charge in [-0.2, -0.15) is 0 Å². The number of carbonyl (C=O) groups is 2. The van der Waals surface area contributed by atoms with Gasteiger partial charge >= 0.3 is 19.8 Å². The van der Waals surface area contributed by atoms with Crippen molar-refractivity contribution in [3.63, 3.8) is 0 Å². The predicted octanol–water partition coefficient (Wildman–Crippen LogP) is 1.60. The molecule has 44 heavy (non-hydrogen) atoms. The number of carboxylic acid groups (broad SMARTS) is 2. The van der Waals surface area contributed by atoms with Crippen molar-refractivity contribution < 1.29 is 32.2 Å². The molecule has 2 N–H and O–H groups in total. The molecule has 0 aromatic carbocycles. The smallest absolute Gasteiger partial charge is 1.00 e. The summed E-state index contributed by atoms with van der Waals surface area (Å²) in [6.07, 6.45) is 1.96. The Bertz CT molecular complexity index is 1870. The molecule has 0 spiro atoms. The van der Waals surface area contributed by atoms with Crippen LogP contribution in [0, 0.1) is 13.8 Å². The number of aromatic amines is 2. The Labute approximate surface area is 276 Å². The van der Waals surface area contributed by atoms with Crippen LogP contribution in [0.1, 0.15) is 98.4 Å². The Morgan fingerprint density at radius 3 is 1.43 bits per heavy atom. The van der Waals surface area contributed by atoms with Crippen LogP contribution in [0.2, 0.25) is 0 Å². The minimum atomic E-state index is -1.13. The average molecular weight is 670 g/mol. The van der Waals surface area contributed by atoms with Crippen molar-refractivity contribution in [2.75, 3.05) is 0 Å². The van der Waals surface area contributed by atoms with Gasteiger partial charge in [0, 0.05) is 34.0 Å². The van der Waals surface area contributed by atoms with Crippen molar-refractivity contribution in [2.45, 2.75) is 80.1 Å². The number of hydrogen-bond donors (Lipinski definition) is 2. The first-order valence-corrected chi connectivity index (χ1v) is 14.6. The molecule has 0 unspecified atom stereocenters. The Balaban J connectivity index is 0.00000264. The first-order chi connectivity index (χ1) is 20.0. The van der Waals surface area contributed by atoms with Gasteiger partial charge in [0.15, 0.2) is 0 Å². The van der Waals surface area contributed by atoms with E-state index in [1.165, 1.54) is 16.7 Å². The van der Waals surface area contributed by atoms with Crippen molar-refractivity contribution in [2.24, 2.45) is 0 Å². The first-order valence-electron chi connectivity index (χ1n) is 14.6. The molecule has 8 nitrogen and oxygen atoms in total. The Morgan fingerprint density at radius 2 is 1.02 bits per heavy atom. The Kier molecular flexibility index (Phi) is 11.2. The van der Waals surface area contributed by atoms with Gasteiger partial charge in [0.25, 0.3) is 0 Å². The molecule has 0 aliphatic carbocycles. The summed E-state index contributed by atoms with van der Waals surface area (Å²) in [4.78, 5) is 40.0. The third-order valence-corrected chi connectivity index (χ3v) is 8.67. The molecule has 0 fully saturated rings. The van der Waals surface area contributed by atoms with E-state index in [4.69, 9.17) is 9.97 Å². The molecular formula is C34H36ClGaN4O4. The van der Waals surface area contributed by atoms with E-state index in [2.05, 4.69) is 43.7 Å². The van der Waals surface area contributed by atoms with E-state index in [1.807, 2.05) is 32.0 Å². The molecule has 0 atom stereocenters. The summed E-state index contributed by atoms with van der Waals surface area (Å²) in [5, 5.41) is 22.8. The molecular weight excluding hydrogens is 634 g/mol. The van der Waals surface area contributed by atoms with Gasteiger partial charge in [-0.3, -0.25) is 0 Å². The molecule has 5 rings (SSSR count). The fourth-order valence-corrected chi connectivity index (χ4v) is 6.21. The van der Waals surface area contributed by atoms with Crippen LogP contribution in [0.15, 0.2) is 24.3 Å². The third-order valence-electron chi connectivity index (χ3n) is 8.67. The molecule has 8 bridgehead atoms. The summed E-state index contributed by atoms with van der Waals surface area (Å²) in [6.45, 7) is 12.4. The van der Waals surface area contributed by atoms with Gasteiger partial charge < -0.3 is 42.2 Å². The summed E-state index contributed by atoms with van der Waals surface area (Å²) >= 11 is 0. The van der Waals surface area contributed by atoms with E-state index in [0.717, 1.165) is 74.2 Å². The largest absolute Gasteiger partial charge is 3.00 e. The molecule has 2 aliphatic rings. The average Bonchev–Trinajstić information content (AvgIpc) is 3.59. The topological polar surface area (TPSA) is 138 Å². The van der Waals surface area contributed by atoms with Crippen molar-refractivity contribution in [1.82, 2.24) is 19.9 Å². The standard InChI is InChI=1S/C34H38N4O4.ClH.Ga/c1-7-21-17(3)25-13-26-19(5)23(9-11-33(39)40)31(37-26)16-32-24(10-12-34(41)42)20(6)28(38-32)15-30-22(8-2)18(4)27(36-30)14-29(21)35-25;;/h13-16,35-36H,7-12H2,1-6H3,(H,39,40)(H,41,42);1H;/q;;+3/p-3.